The van der Waals surface area contributed by atoms with Crippen LogP contribution >= 0.6 is 0 Å². The van der Waals surface area contributed by atoms with Gasteiger partial charge in [-0.3, -0.25) is 4.55 Å². The molecule has 0 saturated heterocycles. The fourth-order valence-corrected chi connectivity index (χ4v) is 2.36. The molecule has 0 aliphatic carbocycles. The Morgan fingerprint density at radius 3 is 1.32 bits per heavy atom. The molecule has 0 radical (unpaired) electrons. The van der Waals surface area contributed by atoms with Crippen molar-refractivity contribution >= 4 is 10.1 Å². The predicted octanol–water partition coefficient (Wildman–Crippen LogP) is 3.88. The van der Waals surface area contributed by atoms with E-state index in [4.69, 9.17) is 13.0 Å². The third kappa shape index (κ3) is 6.49. The highest BCUT2D eigenvalue weighted by Gasteiger charge is 2.44. The molecule has 138 valence electrons. The van der Waals surface area contributed by atoms with Crippen molar-refractivity contribution in [2.45, 2.75) is 11.6 Å². The quantitative estimate of drug-likeness (QED) is 0.503. The molecule has 0 aromatic heterocycles. The van der Waals surface area contributed by atoms with Gasteiger partial charge in [-0.05, 0) is 0 Å². The SMILES string of the molecule is C[N+](C)(C)C(c1ccccc1)c1ccccc1.O=S(=O)(O)C(F)(F)F. The first-order valence-corrected chi connectivity index (χ1v) is 8.73. The summed E-state index contributed by atoms with van der Waals surface area (Å²) in [4.78, 5) is 0. The van der Waals surface area contributed by atoms with Crippen molar-refractivity contribution in [3.63, 3.8) is 0 Å². The van der Waals surface area contributed by atoms with Gasteiger partial charge in [0.05, 0.1) is 21.1 Å². The van der Waals surface area contributed by atoms with Crippen LogP contribution in [0, 0.1) is 0 Å². The smallest absolute Gasteiger partial charge is 0.321 e. The van der Waals surface area contributed by atoms with Gasteiger partial charge in [-0.15, -0.1) is 0 Å². The zero-order valence-corrected chi connectivity index (χ0v) is 14.9. The molecule has 4 nitrogen and oxygen atoms in total. The maximum absolute atomic E-state index is 10.7. The molecular formula is C17H21F3NO3S+. The van der Waals surface area contributed by atoms with Crippen LogP contribution in [0.4, 0.5) is 13.2 Å². The minimum absolute atomic E-state index is 0.386. The van der Waals surface area contributed by atoms with Crippen LogP contribution in [0.2, 0.25) is 0 Å². The zero-order valence-electron chi connectivity index (χ0n) is 14.1. The first-order chi connectivity index (χ1) is 11.3. The fourth-order valence-electron chi connectivity index (χ4n) is 2.36. The van der Waals surface area contributed by atoms with Gasteiger partial charge < -0.3 is 4.48 Å². The van der Waals surface area contributed by atoms with Crippen LogP contribution < -0.4 is 0 Å². The van der Waals surface area contributed by atoms with Gasteiger partial charge in [0.2, 0.25) is 0 Å². The summed E-state index contributed by atoms with van der Waals surface area (Å²) in [5, 5.41) is 0. The molecule has 0 unspecified atom stereocenters. The van der Waals surface area contributed by atoms with Gasteiger partial charge in [-0.25, -0.2) is 0 Å². The number of nitrogens with zero attached hydrogens (tertiary/aromatic N) is 1. The molecule has 2 rings (SSSR count). The van der Waals surface area contributed by atoms with Crippen molar-refractivity contribution in [1.29, 1.82) is 0 Å². The molecule has 2 aromatic rings. The molecule has 8 heteroatoms. The summed E-state index contributed by atoms with van der Waals surface area (Å²) in [6.07, 6.45) is 0. The van der Waals surface area contributed by atoms with Crippen molar-refractivity contribution in [3.05, 3.63) is 71.8 Å². The maximum Gasteiger partial charge on any atom is 0.522 e. The highest BCUT2D eigenvalue weighted by molar-refractivity contribution is 7.86. The Labute approximate surface area is 145 Å². The van der Waals surface area contributed by atoms with Crippen LogP contribution in [0.15, 0.2) is 60.7 Å². The van der Waals surface area contributed by atoms with Crippen molar-refractivity contribution < 1.29 is 30.6 Å². The first kappa shape index (κ1) is 21.1. The molecule has 0 bridgehead atoms. The van der Waals surface area contributed by atoms with E-state index < -0.39 is 15.6 Å². The van der Waals surface area contributed by atoms with E-state index in [0.29, 0.717) is 6.04 Å². The molecule has 0 aliphatic heterocycles. The van der Waals surface area contributed by atoms with Crippen molar-refractivity contribution in [2.24, 2.45) is 0 Å². The van der Waals surface area contributed by atoms with E-state index in [9.17, 15) is 13.2 Å². The monoisotopic (exact) mass is 376 g/mol. The number of alkyl halides is 3. The molecule has 0 saturated carbocycles. The minimum Gasteiger partial charge on any atom is -0.321 e. The summed E-state index contributed by atoms with van der Waals surface area (Å²) in [5.41, 5.74) is -2.80. The normalized spacial score (nSPS) is 12.5. The van der Waals surface area contributed by atoms with Crippen LogP contribution in [0.25, 0.3) is 0 Å². The molecule has 0 fully saturated rings. The summed E-state index contributed by atoms with van der Waals surface area (Å²) >= 11 is 0. The van der Waals surface area contributed by atoms with E-state index in [0.717, 1.165) is 4.48 Å². The van der Waals surface area contributed by atoms with E-state index in [2.05, 4.69) is 81.8 Å². The van der Waals surface area contributed by atoms with Gasteiger partial charge in [0.15, 0.2) is 0 Å². The number of rotatable bonds is 3. The van der Waals surface area contributed by atoms with Crippen LogP contribution in [0.5, 0.6) is 0 Å². The lowest BCUT2D eigenvalue weighted by Crippen LogP contribution is -2.39. The summed E-state index contributed by atoms with van der Waals surface area (Å²) in [7, 11) is 0.882. The van der Waals surface area contributed by atoms with E-state index in [1.807, 2.05) is 0 Å². The number of hydrogen-bond acceptors (Lipinski definition) is 2. The topological polar surface area (TPSA) is 54.4 Å². The van der Waals surface area contributed by atoms with Crippen molar-refractivity contribution in [3.8, 4) is 0 Å². The Bertz CT molecular complexity index is 716. The molecular weight excluding hydrogens is 355 g/mol. The third-order valence-electron chi connectivity index (χ3n) is 3.30. The van der Waals surface area contributed by atoms with Gasteiger partial charge in [0.1, 0.15) is 6.04 Å². The molecule has 25 heavy (non-hydrogen) atoms. The van der Waals surface area contributed by atoms with Crippen LogP contribution in [-0.2, 0) is 10.1 Å². The van der Waals surface area contributed by atoms with E-state index in [-0.39, 0.29) is 0 Å². The Kier molecular flexibility index (Phi) is 6.75. The number of quaternary nitrogens is 1. The molecule has 0 amide bonds. The highest BCUT2D eigenvalue weighted by atomic mass is 32.2. The summed E-state index contributed by atoms with van der Waals surface area (Å²) in [6.45, 7) is 0. The average molecular weight is 376 g/mol. The summed E-state index contributed by atoms with van der Waals surface area (Å²) in [5.74, 6) is 0. The lowest BCUT2D eigenvalue weighted by molar-refractivity contribution is -0.896. The number of halogens is 3. The second kappa shape index (κ2) is 7.99. The Hall–Kier alpha value is -1.90. The molecule has 0 aliphatic rings. The highest BCUT2D eigenvalue weighted by Crippen LogP contribution is 2.30. The second-order valence-electron chi connectivity index (χ2n) is 6.26. The fraction of sp³-hybridized carbons (Fsp3) is 0.294. The van der Waals surface area contributed by atoms with Crippen molar-refractivity contribution in [1.82, 2.24) is 0 Å². The Morgan fingerprint density at radius 1 is 0.840 bits per heavy atom. The van der Waals surface area contributed by atoms with Crippen LogP contribution in [0.3, 0.4) is 0 Å². The van der Waals surface area contributed by atoms with Gasteiger partial charge in [-0.1, -0.05) is 60.7 Å². The van der Waals surface area contributed by atoms with E-state index in [1.165, 1.54) is 11.1 Å². The van der Waals surface area contributed by atoms with Gasteiger partial charge in [0, 0.05) is 11.1 Å². The number of benzene rings is 2. The van der Waals surface area contributed by atoms with Crippen LogP contribution in [-0.4, -0.2) is 44.1 Å². The van der Waals surface area contributed by atoms with Gasteiger partial charge >= 0.3 is 15.6 Å². The number of hydrogen-bond donors (Lipinski definition) is 1. The molecule has 1 N–H and O–H groups in total. The van der Waals surface area contributed by atoms with E-state index in [1.54, 1.807) is 0 Å². The Balaban J connectivity index is 0.000000333. The molecule has 0 spiro atoms. The third-order valence-corrected chi connectivity index (χ3v) is 3.88. The van der Waals surface area contributed by atoms with Gasteiger partial charge in [0.25, 0.3) is 0 Å². The Morgan fingerprint density at radius 2 is 1.12 bits per heavy atom. The summed E-state index contributed by atoms with van der Waals surface area (Å²) in [6, 6.07) is 21.8. The average Bonchev–Trinajstić information content (AvgIpc) is 2.47. The molecule has 0 heterocycles. The van der Waals surface area contributed by atoms with E-state index >= 15 is 0 Å². The second-order valence-corrected chi connectivity index (χ2v) is 7.67. The predicted molar refractivity (Wildman–Crippen MR) is 90.4 cm³/mol. The standard InChI is InChI=1S/C16H20N.CHF3O3S/c1-17(2,3)16(14-10-6-4-7-11-14)15-12-8-5-9-13-15;2-1(3,4)8(5,6)7/h4-13,16H,1-3H3;(H,5,6,7)/q+1;. The summed E-state index contributed by atoms with van der Waals surface area (Å²) < 4.78 is 58.4. The van der Waals surface area contributed by atoms with Crippen molar-refractivity contribution in [2.75, 3.05) is 21.1 Å². The van der Waals surface area contributed by atoms with Gasteiger partial charge in [-0.2, -0.15) is 21.6 Å². The first-order valence-electron chi connectivity index (χ1n) is 7.29. The zero-order chi connectivity index (χ0) is 19.3. The molecule has 2 aromatic carbocycles. The molecule has 0 atom stereocenters. The largest absolute Gasteiger partial charge is 0.522 e. The lowest BCUT2D eigenvalue weighted by atomic mass is 9.96. The van der Waals surface area contributed by atoms with Crippen LogP contribution in [0.1, 0.15) is 17.2 Å². The lowest BCUT2D eigenvalue weighted by Gasteiger charge is -2.34. The minimum atomic E-state index is -5.84. The maximum atomic E-state index is 10.7.